The van der Waals surface area contributed by atoms with E-state index in [1.54, 1.807) is 0 Å². The van der Waals surface area contributed by atoms with Crippen LogP contribution in [0.15, 0.2) is 48.5 Å². The molecule has 0 spiro atoms. The third kappa shape index (κ3) is 5.59. The van der Waals surface area contributed by atoms with Crippen LogP contribution in [-0.2, 0) is 6.54 Å². The molecule has 0 aliphatic heterocycles. The molecule has 2 aromatic rings. The fourth-order valence-electron chi connectivity index (χ4n) is 2.47. The Morgan fingerprint density at radius 1 is 1.24 bits per heavy atom. The number of rotatable bonds is 7. The van der Waals surface area contributed by atoms with Gasteiger partial charge in [-0.15, -0.1) is 0 Å². The van der Waals surface area contributed by atoms with Gasteiger partial charge in [0.2, 0.25) is 0 Å². The number of hydrogen-bond acceptors (Lipinski definition) is 3. The molecular weight excluding hydrogens is 321 g/mol. The van der Waals surface area contributed by atoms with Gasteiger partial charge in [-0.3, -0.25) is 0 Å². The normalized spacial score (nSPS) is 11.4. The molecule has 0 fully saturated rings. The zero-order valence-corrected chi connectivity index (χ0v) is 13.7. The third-order valence-corrected chi connectivity index (χ3v) is 3.77. The highest BCUT2D eigenvalue weighted by molar-refractivity contribution is 5.74. The molecule has 1 unspecified atom stereocenters. The summed E-state index contributed by atoms with van der Waals surface area (Å²) in [6.45, 7) is 0.0213. The summed E-state index contributed by atoms with van der Waals surface area (Å²) >= 11 is 0. The number of hydrogen-bond donors (Lipinski definition) is 3. The first-order valence-corrected chi connectivity index (χ1v) is 8.02. The van der Waals surface area contributed by atoms with Gasteiger partial charge in [-0.25, -0.2) is 9.18 Å². The fourth-order valence-corrected chi connectivity index (χ4v) is 2.47. The molecule has 130 valence electrons. The second-order valence-electron chi connectivity index (χ2n) is 5.57. The Labute approximate surface area is 146 Å². The summed E-state index contributed by atoms with van der Waals surface area (Å²) < 4.78 is 13.7. The quantitative estimate of drug-likeness (QED) is 0.724. The van der Waals surface area contributed by atoms with Crippen molar-refractivity contribution in [2.45, 2.75) is 25.4 Å². The van der Waals surface area contributed by atoms with Crippen molar-refractivity contribution in [1.82, 2.24) is 10.6 Å². The minimum Gasteiger partial charge on any atom is -0.396 e. The summed E-state index contributed by atoms with van der Waals surface area (Å²) in [5, 5.41) is 23.3. The molecule has 1 atom stereocenters. The van der Waals surface area contributed by atoms with Crippen LogP contribution in [0.2, 0.25) is 0 Å². The molecule has 25 heavy (non-hydrogen) atoms. The minimum atomic E-state index is -0.473. The predicted molar refractivity (Wildman–Crippen MR) is 92.0 cm³/mol. The first kappa shape index (κ1) is 18.4. The molecule has 0 aromatic heterocycles. The van der Waals surface area contributed by atoms with Gasteiger partial charge in [0.15, 0.2) is 0 Å². The smallest absolute Gasteiger partial charge is 0.315 e. The molecule has 2 aromatic carbocycles. The van der Waals surface area contributed by atoms with Crippen LogP contribution in [0.5, 0.6) is 0 Å². The maximum Gasteiger partial charge on any atom is 0.315 e. The van der Waals surface area contributed by atoms with Crippen molar-refractivity contribution in [3.63, 3.8) is 0 Å². The first-order chi connectivity index (χ1) is 12.1. The van der Waals surface area contributed by atoms with Gasteiger partial charge in [-0.2, -0.15) is 5.26 Å². The Morgan fingerprint density at radius 3 is 2.68 bits per heavy atom. The van der Waals surface area contributed by atoms with Crippen LogP contribution in [0.4, 0.5) is 9.18 Å². The van der Waals surface area contributed by atoms with Crippen molar-refractivity contribution >= 4 is 6.03 Å². The van der Waals surface area contributed by atoms with Gasteiger partial charge in [0.05, 0.1) is 17.7 Å². The monoisotopic (exact) mass is 341 g/mol. The van der Waals surface area contributed by atoms with Crippen LogP contribution in [0.1, 0.15) is 35.6 Å². The Hall–Kier alpha value is -2.91. The maximum absolute atomic E-state index is 13.7. The van der Waals surface area contributed by atoms with E-state index in [0.29, 0.717) is 18.4 Å². The molecule has 0 heterocycles. The van der Waals surface area contributed by atoms with E-state index in [1.807, 2.05) is 36.4 Å². The first-order valence-electron chi connectivity index (χ1n) is 8.02. The number of benzene rings is 2. The molecule has 0 saturated heterocycles. The fraction of sp³-hybridized carbons (Fsp3) is 0.263. The van der Waals surface area contributed by atoms with Gasteiger partial charge in [0.25, 0.3) is 0 Å². The highest BCUT2D eigenvalue weighted by Crippen LogP contribution is 2.18. The molecule has 6 heteroatoms. The summed E-state index contributed by atoms with van der Waals surface area (Å²) in [6.07, 6.45) is 1.14. The number of nitrogens with one attached hydrogen (secondary N) is 2. The molecule has 0 radical (unpaired) electrons. The van der Waals surface area contributed by atoms with E-state index in [0.717, 1.165) is 5.56 Å². The van der Waals surface area contributed by atoms with Gasteiger partial charge in [-0.1, -0.05) is 30.3 Å². The third-order valence-electron chi connectivity index (χ3n) is 3.77. The number of halogens is 1. The van der Waals surface area contributed by atoms with E-state index in [4.69, 9.17) is 10.4 Å². The second-order valence-corrected chi connectivity index (χ2v) is 5.57. The van der Waals surface area contributed by atoms with E-state index >= 15 is 0 Å². The minimum absolute atomic E-state index is 0.0192. The summed E-state index contributed by atoms with van der Waals surface area (Å²) in [6, 6.07) is 14.7. The zero-order chi connectivity index (χ0) is 18.1. The van der Waals surface area contributed by atoms with E-state index < -0.39 is 11.8 Å². The standard InChI is InChI=1S/C19H20FN3O2/c20-17-9-8-14(12-21)11-16(17)13-22-19(25)23-18(7-4-10-24)15-5-2-1-3-6-15/h1-3,5-6,8-9,11,18,24H,4,7,10,13H2,(H2,22,23,25). The Balaban J connectivity index is 1.98. The number of urea groups is 1. The van der Waals surface area contributed by atoms with Crippen molar-refractivity contribution in [1.29, 1.82) is 5.26 Å². The highest BCUT2D eigenvalue weighted by Gasteiger charge is 2.14. The van der Waals surface area contributed by atoms with Crippen LogP contribution >= 0.6 is 0 Å². The van der Waals surface area contributed by atoms with Crippen molar-refractivity contribution in [2.75, 3.05) is 6.61 Å². The van der Waals surface area contributed by atoms with Crippen molar-refractivity contribution in [3.05, 3.63) is 71.0 Å². The van der Waals surface area contributed by atoms with Crippen LogP contribution in [0, 0.1) is 17.1 Å². The van der Waals surface area contributed by atoms with Crippen molar-refractivity contribution in [3.8, 4) is 6.07 Å². The highest BCUT2D eigenvalue weighted by atomic mass is 19.1. The molecule has 0 saturated carbocycles. The summed E-state index contributed by atoms with van der Waals surface area (Å²) in [4.78, 5) is 12.2. The SMILES string of the molecule is N#Cc1ccc(F)c(CNC(=O)NC(CCCO)c2ccccc2)c1. The Kier molecular flexibility index (Phi) is 6.93. The number of aliphatic hydroxyl groups is 1. The number of nitrogens with zero attached hydrogens (tertiary/aromatic N) is 1. The average molecular weight is 341 g/mol. The number of amides is 2. The lowest BCUT2D eigenvalue weighted by molar-refractivity contribution is 0.232. The Morgan fingerprint density at radius 2 is 2.00 bits per heavy atom. The van der Waals surface area contributed by atoms with E-state index in [2.05, 4.69) is 10.6 Å². The number of carbonyl (C=O) groups is 1. The molecule has 0 bridgehead atoms. The zero-order valence-electron chi connectivity index (χ0n) is 13.7. The Bertz CT molecular complexity index is 744. The summed E-state index contributed by atoms with van der Waals surface area (Å²) in [5.74, 6) is -0.473. The van der Waals surface area contributed by atoms with Crippen LogP contribution < -0.4 is 10.6 Å². The van der Waals surface area contributed by atoms with E-state index in [9.17, 15) is 9.18 Å². The molecule has 5 nitrogen and oxygen atoms in total. The largest absolute Gasteiger partial charge is 0.396 e. The molecule has 0 aliphatic rings. The van der Waals surface area contributed by atoms with E-state index in [-0.39, 0.29) is 24.8 Å². The molecule has 2 amide bonds. The van der Waals surface area contributed by atoms with Crippen molar-refractivity contribution < 1.29 is 14.3 Å². The number of carbonyl (C=O) groups excluding carboxylic acids is 1. The topological polar surface area (TPSA) is 85.2 Å². The van der Waals surface area contributed by atoms with Gasteiger partial charge in [0.1, 0.15) is 5.82 Å². The predicted octanol–water partition coefficient (Wildman–Crippen LogP) is 3.01. The number of aliphatic hydroxyl groups excluding tert-OH is 1. The van der Waals surface area contributed by atoms with Gasteiger partial charge >= 0.3 is 6.03 Å². The summed E-state index contributed by atoms with van der Waals surface area (Å²) in [5.41, 5.74) is 1.52. The molecule has 3 N–H and O–H groups in total. The lowest BCUT2D eigenvalue weighted by Gasteiger charge is -2.19. The second kappa shape index (κ2) is 9.40. The lowest BCUT2D eigenvalue weighted by atomic mass is 10.0. The summed E-state index contributed by atoms with van der Waals surface area (Å²) in [7, 11) is 0. The molecule has 0 aliphatic carbocycles. The van der Waals surface area contributed by atoms with Gasteiger partial charge < -0.3 is 15.7 Å². The van der Waals surface area contributed by atoms with Gasteiger partial charge in [0, 0.05) is 18.7 Å². The van der Waals surface area contributed by atoms with Crippen molar-refractivity contribution in [2.24, 2.45) is 0 Å². The van der Waals surface area contributed by atoms with Crippen LogP contribution in [-0.4, -0.2) is 17.7 Å². The maximum atomic E-state index is 13.7. The average Bonchev–Trinajstić information content (AvgIpc) is 2.65. The molecular formula is C19H20FN3O2. The molecule has 2 rings (SSSR count). The van der Waals surface area contributed by atoms with E-state index in [1.165, 1.54) is 18.2 Å². The number of nitriles is 1. The van der Waals surface area contributed by atoms with Gasteiger partial charge in [-0.05, 0) is 36.6 Å². The lowest BCUT2D eigenvalue weighted by Crippen LogP contribution is -2.37. The van der Waals surface area contributed by atoms with Crippen LogP contribution in [0.25, 0.3) is 0 Å². The van der Waals surface area contributed by atoms with Crippen LogP contribution in [0.3, 0.4) is 0 Å².